The molecule has 0 amide bonds. The van der Waals surface area contributed by atoms with Gasteiger partial charge in [-0.1, -0.05) is 49.6 Å². The van der Waals surface area contributed by atoms with E-state index in [9.17, 15) is 10.2 Å². The first kappa shape index (κ1) is 15.5. The number of aliphatic hydroxyl groups excluding tert-OH is 2. The van der Waals surface area contributed by atoms with Crippen LogP contribution in [-0.2, 0) is 6.54 Å². The Morgan fingerprint density at radius 2 is 1.80 bits per heavy atom. The van der Waals surface area contributed by atoms with Gasteiger partial charge in [-0.15, -0.1) is 0 Å². The largest absolute Gasteiger partial charge is 0.395 e. The topological polar surface area (TPSA) is 43.7 Å². The lowest BCUT2D eigenvalue weighted by Crippen LogP contribution is -2.36. The minimum atomic E-state index is -0.172. The molecule has 0 radical (unpaired) electrons. The number of hydrogen-bond donors (Lipinski definition) is 2. The zero-order chi connectivity index (χ0) is 14.2. The lowest BCUT2D eigenvalue weighted by molar-refractivity contribution is 0.0655. The average molecular weight is 277 g/mol. The molecule has 2 N–H and O–H groups in total. The van der Waals surface area contributed by atoms with E-state index in [1.165, 1.54) is 18.4 Å². The summed E-state index contributed by atoms with van der Waals surface area (Å²) in [6.07, 6.45) is 5.48. The average Bonchev–Trinajstić information content (AvgIpc) is 2.66. The van der Waals surface area contributed by atoms with Crippen molar-refractivity contribution >= 4 is 0 Å². The second kappa shape index (κ2) is 8.40. The second-order valence-corrected chi connectivity index (χ2v) is 5.91. The Balaban J connectivity index is 1.93. The third-order valence-electron chi connectivity index (χ3n) is 4.28. The molecule has 1 fully saturated rings. The summed E-state index contributed by atoms with van der Waals surface area (Å²) in [4.78, 5) is 2.27. The van der Waals surface area contributed by atoms with Crippen LogP contribution in [-0.4, -0.2) is 40.9 Å². The molecule has 20 heavy (non-hydrogen) atoms. The molecule has 0 aromatic heterocycles. The molecule has 0 spiro atoms. The molecular weight excluding hydrogens is 250 g/mol. The first-order valence-corrected chi connectivity index (χ1v) is 7.85. The van der Waals surface area contributed by atoms with Crippen LogP contribution >= 0.6 is 0 Å². The van der Waals surface area contributed by atoms with Crippen LogP contribution in [0, 0.1) is 5.92 Å². The molecule has 0 saturated heterocycles. The molecule has 0 aliphatic heterocycles. The van der Waals surface area contributed by atoms with Crippen LogP contribution in [0.1, 0.15) is 37.7 Å². The van der Waals surface area contributed by atoms with Crippen molar-refractivity contribution in [1.29, 1.82) is 0 Å². The Bertz CT molecular complexity index is 369. The molecule has 1 aliphatic rings. The normalized spacial score (nSPS) is 23.8. The molecule has 1 saturated carbocycles. The molecule has 1 aromatic carbocycles. The SMILES string of the molecule is OCCN(Cc1ccccc1)CC1CCCCCC1O. The van der Waals surface area contributed by atoms with Gasteiger partial charge in [-0.05, 0) is 24.3 Å². The van der Waals surface area contributed by atoms with Crippen LogP contribution in [0.5, 0.6) is 0 Å². The third-order valence-corrected chi connectivity index (χ3v) is 4.28. The highest BCUT2D eigenvalue weighted by Gasteiger charge is 2.23. The predicted octanol–water partition coefficient (Wildman–Crippen LogP) is 2.42. The molecule has 3 heteroatoms. The highest BCUT2D eigenvalue weighted by molar-refractivity contribution is 5.14. The molecule has 1 aliphatic carbocycles. The van der Waals surface area contributed by atoms with Crippen LogP contribution < -0.4 is 0 Å². The Morgan fingerprint density at radius 3 is 2.55 bits per heavy atom. The van der Waals surface area contributed by atoms with E-state index in [1.54, 1.807) is 0 Å². The molecular formula is C17H27NO2. The number of rotatable bonds is 6. The van der Waals surface area contributed by atoms with Gasteiger partial charge in [-0.25, -0.2) is 0 Å². The van der Waals surface area contributed by atoms with Crippen molar-refractivity contribution in [2.24, 2.45) is 5.92 Å². The van der Waals surface area contributed by atoms with Gasteiger partial charge in [0.2, 0.25) is 0 Å². The van der Waals surface area contributed by atoms with Gasteiger partial charge in [0, 0.05) is 19.6 Å². The minimum absolute atomic E-state index is 0.172. The van der Waals surface area contributed by atoms with Crippen molar-refractivity contribution in [2.75, 3.05) is 19.7 Å². The first-order valence-electron chi connectivity index (χ1n) is 7.85. The molecule has 2 unspecified atom stereocenters. The van der Waals surface area contributed by atoms with Crippen molar-refractivity contribution in [1.82, 2.24) is 4.90 Å². The number of aliphatic hydroxyl groups is 2. The fourth-order valence-corrected chi connectivity index (χ4v) is 3.13. The van der Waals surface area contributed by atoms with Crippen molar-refractivity contribution in [3.63, 3.8) is 0 Å². The molecule has 0 heterocycles. The Labute approximate surface area is 122 Å². The molecule has 2 atom stereocenters. The van der Waals surface area contributed by atoms with Crippen LogP contribution in [0.3, 0.4) is 0 Å². The number of hydrogen-bond acceptors (Lipinski definition) is 3. The fraction of sp³-hybridized carbons (Fsp3) is 0.647. The summed E-state index contributed by atoms with van der Waals surface area (Å²) in [7, 11) is 0. The van der Waals surface area contributed by atoms with E-state index in [0.29, 0.717) is 12.5 Å². The van der Waals surface area contributed by atoms with E-state index < -0.39 is 0 Å². The van der Waals surface area contributed by atoms with Crippen LogP contribution in [0.25, 0.3) is 0 Å². The molecule has 112 valence electrons. The van der Waals surface area contributed by atoms with Crippen LogP contribution in [0.15, 0.2) is 30.3 Å². The summed E-state index contributed by atoms with van der Waals surface area (Å²) < 4.78 is 0. The van der Waals surface area contributed by atoms with E-state index in [-0.39, 0.29) is 12.7 Å². The van der Waals surface area contributed by atoms with Gasteiger partial charge in [-0.2, -0.15) is 0 Å². The summed E-state index contributed by atoms with van der Waals surface area (Å²) in [5.41, 5.74) is 1.27. The maximum absolute atomic E-state index is 10.2. The van der Waals surface area contributed by atoms with Gasteiger partial charge in [0.25, 0.3) is 0 Å². The molecule has 2 rings (SSSR count). The van der Waals surface area contributed by atoms with Gasteiger partial charge < -0.3 is 10.2 Å². The summed E-state index contributed by atoms with van der Waals surface area (Å²) in [5, 5.41) is 19.5. The predicted molar refractivity (Wildman–Crippen MR) is 81.4 cm³/mol. The second-order valence-electron chi connectivity index (χ2n) is 5.91. The van der Waals surface area contributed by atoms with E-state index >= 15 is 0 Å². The third kappa shape index (κ3) is 4.89. The highest BCUT2D eigenvalue weighted by atomic mass is 16.3. The molecule has 0 bridgehead atoms. The monoisotopic (exact) mass is 277 g/mol. The van der Waals surface area contributed by atoms with Crippen molar-refractivity contribution < 1.29 is 10.2 Å². The lowest BCUT2D eigenvalue weighted by atomic mass is 9.96. The van der Waals surface area contributed by atoms with E-state index in [0.717, 1.165) is 32.4 Å². The maximum Gasteiger partial charge on any atom is 0.0580 e. The summed E-state index contributed by atoms with van der Waals surface area (Å²) in [6, 6.07) is 10.4. The summed E-state index contributed by atoms with van der Waals surface area (Å²) in [5.74, 6) is 0.354. The first-order chi connectivity index (χ1) is 9.79. The molecule has 1 aromatic rings. The smallest absolute Gasteiger partial charge is 0.0580 e. The highest BCUT2D eigenvalue weighted by Crippen LogP contribution is 2.24. The Hall–Kier alpha value is -0.900. The summed E-state index contributed by atoms with van der Waals surface area (Å²) in [6.45, 7) is 2.59. The van der Waals surface area contributed by atoms with E-state index in [4.69, 9.17) is 0 Å². The zero-order valence-electron chi connectivity index (χ0n) is 12.2. The van der Waals surface area contributed by atoms with Crippen LogP contribution in [0.2, 0.25) is 0 Å². The van der Waals surface area contributed by atoms with Crippen molar-refractivity contribution in [3.05, 3.63) is 35.9 Å². The van der Waals surface area contributed by atoms with Crippen LogP contribution in [0.4, 0.5) is 0 Å². The van der Waals surface area contributed by atoms with E-state index in [1.807, 2.05) is 18.2 Å². The number of nitrogens with zero attached hydrogens (tertiary/aromatic N) is 1. The maximum atomic E-state index is 10.2. The van der Waals surface area contributed by atoms with E-state index in [2.05, 4.69) is 17.0 Å². The standard InChI is InChI=1S/C17H27NO2/c19-12-11-18(13-15-7-3-1-4-8-15)14-16-9-5-2-6-10-17(16)20/h1,3-4,7-8,16-17,19-20H,2,5-6,9-14H2. The Morgan fingerprint density at radius 1 is 1.05 bits per heavy atom. The van der Waals surface area contributed by atoms with Crippen molar-refractivity contribution in [2.45, 2.75) is 44.8 Å². The fourth-order valence-electron chi connectivity index (χ4n) is 3.13. The Kier molecular flexibility index (Phi) is 6.51. The van der Waals surface area contributed by atoms with Gasteiger partial charge >= 0.3 is 0 Å². The van der Waals surface area contributed by atoms with Gasteiger partial charge in [-0.3, -0.25) is 4.90 Å². The lowest BCUT2D eigenvalue weighted by Gasteiger charge is -2.29. The van der Waals surface area contributed by atoms with Crippen molar-refractivity contribution in [3.8, 4) is 0 Å². The molecule has 3 nitrogen and oxygen atoms in total. The van der Waals surface area contributed by atoms with Gasteiger partial charge in [0.1, 0.15) is 0 Å². The summed E-state index contributed by atoms with van der Waals surface area (Å²) >= 11 is 0. The van der Waals surface area contributed by atoms with Gasteiger partial charge in [0.05, 0.1) is 12.7 Å². The van der Waals surface area contributed by atoms with Gasteiger partial charge in [0.15, 0.2) is 0 Å². The quantitative estimate of drug-likeness (QED) is 0.785. The zero-order valence-corrected chi connectivity index (χ0v) is 12.2. The number of benzene rings is 1. The minimum Gasteiger partial charge on any atom is -0.395 e.